The van der Waals surface area contributed by atoms with Gasteiger partial charge in [-0.05, 0) is 37.8 Å². The van der Waals surface area contributed by atoms with E-state index in [9.17, 15) is 5.11 Å². The summed E-state index contributed by atoms with van der Waals surface area (Å²) in [7, 11) is 0. The molecule has 3 N–H and O–H groups in total. The molecule has 0 bridgehead atoms. The molecule has 2 aliphatic rings. The number of ether oxygens (including phenoxy) is 1. The van der Waals surface area contributed by atoms with Crippen LogP contribution in [0.1, 0.15) is 19.3 Å². The van der Waals surface area contributed by atoms with Crippen LogP contribution in [0.25, 0.3) is 0 Å². The van der Waals surface area contributed by atoms with Crippen molar-refractivity contribution in [3.63, 3.8) is 0 Å². The molecule has 0 spiro atoms. The zero-order valence-corrected chi connectivity index (χ0v) is 9.32. The molecule has 0 unspecified atom stereocenters. The molecule has 1 aliphatic carbocycles. The lowest BCUT2D eigenvalue weighted by Crippen LogP contribution is -2.48. The normalized spacial score (nSPS) is 37.6. The molecular weight excluding hydrogens is 192 g/mol. The zero-order valence-electron chi connectivity index (χ0n) is 9.32. The predicted octanol–water partition coefficient (Wildman–Crippen LogP) is -0.191. The van der Waals surface area contributed by atoms with Crippen molar-refractivity contribution in [2.24, 2.45) is 11.1 Å². The summed E-state index contributed by atoms with van der Waals surface area (Å²) >= 11 is 0. The molecule has 2 rings (SSSR count). The van der Waals surface area contributed by atoms with Crippen LogP contribution < -0.4 is 5.73 Å². The Kier molecular flexibility index (Phi) is 3.61. The quantitative estimate of drug-likeness (QED) is 0.681. The van der Waals surface area contributed by atoms with Crippen LogP contribution in [0.2, 0.25) is 0 Å². The second-order valence-corrected chi connectivity index (χ2v) is 4.97. The third-order valence-electron chi connectivity index (χ3n) is 3.83. The van der Waals surface area contributed by atoms with E-state index in [2.05, 4.69) is 4.90 Å². The van der Waals surface area contributed by atoms with Gasteiger partial charge < -0.3 is 15.6 Å². The number of hydrogen-bond acceptors (Lipinski definition) is 4. The second kappa shape index (κ2) is 4.78. The summed E-state index contributed by atoms with van der Waals surface area (Å²) in [4.78, 5) is 2.44. The Morgan fingerprint density at radius 1 is 1.33 bits per heavy atom. The summed E-state index contributed by atoms with van der Waals surface area (Å²) in [5, 5.41) is 9.36. The van der Waals surface area contributed by atoms with Crippen LogP contribution in [-0.4, -0.2) is 55.5 Å². The second-order valence-electron chi connectivity index (χ2n) is 4.97. The van der Waals surface area contributed by atoms with Crippen molar-refractivity contribution in [2.75, 3.05) is 39.4 Å². The smallest absolute Gasteiger partial charge is 0.0594 e. The third kappa shape index (κ3) is 2.69. The highest BCUT2D eigenvalue weighted by Gasteiger charge is 2.42. The highest BCUT2D eigenvalue weighted by Crippen LogP contribution is 2.43. The number of nitrogens with zero attached hydrogens (tertiary/aromatic N) is 1. The molecule has 88 valence electrons. The van der Waals surface area contributed by atoms with Gasteiger partial charge in [0.1, 0.15) is 0 Å². The fourth-order valence-corrected chi connectivity index (χ4v) is 2.63. The van der Waals surface area contributed by atoms with Gasteiger partial charge in [0.25, 0.3) is 0 Å². The molecule has 4 heteroatoms. The fourth-order valence-electron chi connectivity index (χ4n) is 2.63. The average molecular weight is 214 g/mol. The number of hydrogen-bond donors (Lipinski definition) is 2. The van der Waals surface area contributed by atoms with Gasteiger partial charge >= 0.3 is 0 Å². The number of morpholine rings is 1. The molecule has 1 aliphatic heterocycles. The van der Waals surface area contributed by atoms with Gasteiger partial charge in [0, 0.05) is 13.1 Å². The van der Waals surface area contributed by atoms with E-state index in [1.54, 1.807) is 0 Å². The van der Waals surface area contributed by atoms with E-state index in [1.807, 2.05) is 0 Å². The van der Waals surface area contributed by atoms with Gasteiger partial charge in [-0.1, -0.05) is 0 Å². The van der Waals surface area contributed by atoms with E-state index in [0.717, 1.165) is 52.1 Å². The van der Waals surface area contributed by atoms with E-state index in [-0.39, 0.29) is 11.5 Å². The molecule has 0 amide bonds. The van der Waals surface area contributed by atoms with Crippen molar-refractivity contribution < 1.29 is 9.84 Å². The third-order valence-corrected chi connectivity index (χ3v) is 3.83. The van der Waals surface area contributed by atoms with E-state index in [0.29, 0.717) is 6.54 Å². The summed E-state index contributed by atoms with van der Waals surface area (Å²) < 4.78 is 5.31. The Balaban J connectivity index is 1.71. The molecule has 0 atom stereocenters. The minimum atomic E-state index is -0.0989. The van der Waals surface area contributed by atoms with Gasteiger partial charge in [-0.2, -0.15) is 0 Å². The molecule has 2 fully saturated rings. The van der Waals surface area contributed by atoms with E-state index in [4.69, 9.17) is 10.5 Å². The van der Waals surface area contributed by atoms with Crippen molar-refractivity contribution >= 4 is 0 Å². The summed E-state index contributed by atoms with van der Waals surface area (Å²) in [6.07, 6.45) is 2.82. The highest BCUT2D eigenvalue weighted by molar-refractivity contribution is 4.95. The van der Waals surface area contributed by atoms with Gasteiger partial charge in [-0.15, -0.1) is 0 Å². The van der Waals surface area contributed by atoms with Crippen molar-refractivity contribution in [2.45, 2.75) is 25.4 Å². The van der Waals surface area contributed by atoms with Gasteiger partial charge in [-0.25, -0.2) is 0 Å². The first-order valence-electron chi connectivity index (χ1n) is 5.92. The summed E-state index contributed by atoms with van der Waals surface area (Å²) in [6.45, 7) is 5.63. The van der Waals surface area contributed by atoms with Crippen LogP contribution in [0.4, 0.5) is 0 Å². The average Bonchev–Trinajstić information content (AvgIpc) is 2.24. The molecular formula is C11H22N2O2. The first-order chi connectivity index (χ1) is 7.24. The van der Waals surface area contributed by atoms with Gasteiger partial charge in [0.05, 0.1) is 19.3 Å². The molecule has 0 aromatic carbocycles. The molecule has 0 radical (unpaired) electrons. The van der Waals surface area contributed by atoms with E-state index < -0.39 is 0 Å². The number of aliphatic hydroxyl groups excluding tert-OH is 1. The lowest BCUT2D eigenvalue weighted by molar-refractivity contribution is -0.0420. The molecule has 1 heterocycles. The van der Waals surface area contributed by atoms with E-state index >= 15 is 0 Å². The Morgan fingerprint density at radius 3 is 2.53 bits per heavy atom. The van der Waals surface area contributed by atoms with Crippen LogP contribution in [0.15, 0.2) is 0 Å². The maximum atomic E-state index is 9.36. The molecule has 15 heavy (non-hydrogen) atoms. The van der Waals surface area contributed by atoms with Crippen LogP contribution in [0.5, 0.6) is 0 Å². The molecule has 1 saturated heterocycles. The van der Waals surface area contributed by atoms with Crippen molar-refractivity contribution in [1.29, 1.82) is 0 Å². The van der Waals surface area contributed by atoms with Gasteiger partial charge in [0.2, 0.25) is 0 Å². The summed E-state index contributed by atoms with van der Waals surface area (Å²) in [5.41, 5.74) is 6.03. The van der Waals surface area contributed by atoms with Gasteiger partial charge in [-0.3, -0.25) is 4.90 Å². The standard InChI is InChI=1S/C11H22N2O2/c12-9-11(7-10(14)8-11)1-2-13-3-5-15-6-4-13/h10,14H,1-9,12H2. The van der Waals surface area contributed by atoms with Gasteiger partial charge in [0.15, 0.2) is 0 Å². The first kappa shape index (κ1) is 11.3. The lowest BCUT2D eigenvalue weighted by atomic mass is 9.65. The zero-order chi connectivity index (χ0) is 10.7. The van der Waals surface area contributed by atoms with Crippen LogP contribution in [0.3, 0.4) is 0 Å². The highest BCUT2D eigenvalue weighted by atomic mass is 16.5. The summed E-state index contributed by atoms with van der Waals surface area (Å²) in [6, 6.07) is 0. The van der Waals surface area contributed by atoms with Crippen LogP contribution >= 0.6 is 0 Å². The summed E-state index contributed by atoms with van der Waals surface area (Å²) in [5.74, 6) is 0. The maximum Gasteiger partial charge on any atom is 0.0594 e. The number of rotatable bonds is 4. The number of nitrogens with two attached hydrogens (primary N) is 1. The van der Waals surface area contributed by atoms with Crippen molar-refractivity contribution in [3.8, 4) is 0 Å². The molecule has 0 aromatic rings. The fraction of sp³-hybridized carbons (Fsp3) is 1.00. The maximum absolute atomic E-state index is 9.36. The van der Waals surface area contributed by atoms with Crippen molar-refractivity contribution in [3.05, 3.63) is 0 Å². The van der Waals surface area contributed by atoms with Crippen molar-refractivity contribution in [1.82, 2.24) is 4.90 Å². The predicted molar refractivity (Wildman–Crippen MR) is 58.6 cm³/mol. The molecule has 4 nitrogen and oxygen atoms in total. The van der Waals surface area contributed by atoms with Crippen LogP contribution in [-0.2, 0) is 4.74 Å². The molecule has 0 aromatic heterocycles. The largest absolute Gasteiger partial charge is 0.393 e. The Morgan fingerprint density at radius 2 is 2.00 bits per heavy atom. The SMILES string of the molecule is NCC1(CCN2CCOCC2)CC(O)C1. The molecule has 1 saturated carbocycles. The first-order valence-corrected chi connectivity index (χ1v) is 5.92. The topological polar surface area (TPSA) is 58.7 Å². The van der Waals surface area contributed by atoms with Crippen LogP contribution in [0, 0.1) is 5.41 Å². The number of aliphatic hydroxyl groups is 1. The minimum Gasteiger partial charge on any atom is -0.393 e. The monoisotopic (exact) mass is 214 g/mol. The van der Waals surface area contributed by atoms with E-state index in [1.165, 1.54) is 0 Å². The Labute approximate surface area is 91.4 Å². The Hall–Kier alpha value is -0.160. The minimum absolute atomic E-state index is 0.0989. The Bertz CT molecular complexity index is 199. The lowest BCUT2D eigenvalue weighted by Gasteiger charge is -2.46.